The van der Waals surface area contributed by atoms with Crippen LogP contribution in [-0.2, 0) is 11.2 Å². The number of nitrogen functional groups attached to an aromatic ring is 1. The van der Waals surface area contributed by atoms with Gasteiger partial charge in [-0.1, -0.05) is 20.8 Å². The number of hydrogen-bond donors (Lipinski definition) is 2. The molecule has 1 unspecified atom stereocenters. The predicted octanol–water partition coefficient (Wildman–Crippen LogP) is 3.17. The highest BCUT2D eigenvalue weighted by atomic mass is 16.5. The van der Waals surface area contributed by atoms with E-state index in [4.69, 9.17) is 10.5 Å². The van der Waals surface area contributed by atoms with Gasteiger partial charge in [-0.3, -0.25) is 4.98 Å². The van der Waals surface area contributed by atoms with Crippen LogP contribution in [0.2, 0.25) is 0 Å². The van der Waals surface area contributed by atoms with Crippen LogP contribution in [0.25, 0.3) is 0 Å². The van der Waals surface area contributed by atoms with Gasteiger partial charge in [0, 0.05) is 30.7 Å². The van der Waals surface area contributed by atoms with E-state index in [0.29, 0.717) is 0 Å². The summed E-state index contributed by atoms with van der Waals surface area (Å²) in [6.45, 7) is 10.4. The molecule has 21 heavy (non-hydrogen) atoms. The first-order valence-electron chi connectivity index (χ1n) is 8.19. The highest BCUT2D eigenvalue weighted by Gasteiger charge is 2.36. The molecular weight excluding hydrogens is 262 g/mol. The molecule has 0 aliphatic carbocycles. The maximum absolute atomic E-state index is 6.18. The van der Waals surface area contributed by atoms with Crippen molar-refractivity contribution in [2.24, 2.45) is 0 Å². The SMILES string of the molecule is CCCNC(Cc1cnccc1N)C(CC)(CC)OCC. The third-order valence-corrected chi connectivity index (χ3v) is 4.27. The number of hydrogen-bond acceptors (Lipinski definition) is 4. The number of nitrogens with zero attached hydrogens (tertiary/aromatic N) is 1. The van der Waals surface area contributed by atoms with E-state index in [-0.39, 0.29) is 11.6 Å². The summed E-state index contributed by atoms with van der Waals surface area (Å²) in [6, 6.07) is 2.12. The zero-order chi connectivity index (χ0) is 15.7. The standard InChI is InChI=1S/C17H31N3O/c1-5-10-20-16(17(6-2,7-3)21-8-4)12-14-13-19-11-9-15(14)18/h9,11,13,16,20H,5-8,10,12H2,1-4H3,(H2,18,19). The molecule has 1 aromatic rings. The molecule has 0 bridgehead atoms. The molecule has 4 nitrogen and oxygen atoms in total. The number of nitrogens with two attached hydrogens (primary N) is 1. The molecule has 3 N–H and O–H groups in total. The van der Waals surface area contributed by atoms with Gasteiger partial charge in [-0.05, 0) is 50.8 Å². The Kier molecular flexibility index (Phi) is 7.68. The fourth-order valence-electron chi connectivity index (χ4n) is 2.93. The van der Waals surface area contributed by atoms with E-state index < -0.39 is 0 Å². The number of anilines is 1. The van der Waals surface area contributed by atoms with E-state index in [1.165, 1.54) is 0 Å². The van der Waals surface area contributed by atoms with Crippen molar-refractivity contribution < 1.29 is 4.74 Å². The van der Waals surface area contributed by atoms with Gasteiger partial charge in [0.1, 0.15) is 0 Å². The Bertz CT molecular complexity index is 405. The number of aromatic nitrogens is 1. The van der Waals surface area contributed by atoms with Gasteiger partial charge in [-0.25, -0.2) is 0 Å². The first-order chi connectivity index (χ1) is 10.1. The molecule has 120 valence electrons. The molecule has 0 aromatic carbocycles. The largest absolute Gasteiger partial charge is 0.398 e. The van der Waals surface area contributed by atoms with Crippen LogP contribution in [0.4, 0.5) is 5.69 Å². The molecule has 0 saturated carbocycles. The average Bonchev–Trinajstić information content (AvgIpc) is 2.51. The number of rotatable bonds is 10. The molecule has 4 heteroatoms. The van der Waals surface area contributed by atoms with Crippen molar-refractivity contribution >= 4 is 5.69 Å². The van der Waals surface area contributed by atoms with Gasteiger partial charge in [-0.2, -0.15) is 0 Å². The van der Waals surface area contributed by atoms with Crippen molar-refractivity contribution in [3.63, 3.8) is 0 Å². The third-order valence-electron chi connectivity index (χ3n) is 4.27. The summed E-state index contributed by atoms with van der Waals surface area (Å²) in [5, 5.41) is 3.66. The Labute approximate surface area is 129 Å². The second-order valence-corrected chi connectivity index (χ2v) is 5.49. The summed E-state index contributed by atoms with van der Waals surface area (Å²) in [4.78, 5) is 4.21. The van der Waals surface area contributed by atoms with Crippen LogP contribution in [0, 0.1) is 0 Å². The maximum Gasteiger partial charge on any atom is 0.0832 e. The third kappa shape index (κ3) is 4.68. The second-order valence-electron chi connectivity index (χ2n) is 5.49. The van der Waals surface area contributed by atoms with Crippen LogP contribution in [0.1, 0.15) is 52.5 Å². The van der Waals surface area contributed by atoms with E-state index in [1.54, 1.807) is 6.20 Å². The number of ether oxygens (including phenoxy) is 1. The van der Waals surface area contributed by atoms with Crippen molar-refractivity contribution in [2.75, 3.05) is 18.9 Å². The molecule has 0 aliphatic heterocycles. The Morgan fingerprint density at radius 3 is 2.52 bits per heavy atom. The van der Waals surface area contributed by atoms with Gasteiger partial charge in [0.25, 0.3) is 0 Å². The van der Waals surface area contributed by atoms with Gasteiger partial charge in [0.2, 0.25) is 0 Å². The smallest absolute Gasteiger partial charge is 0.0832 e. The molecule has 0 amide bonds. The Hall–Kier alpha value is -1.13. The van der Waals surface area contributed by atoms with Crippen molar-refractivity contribution in [3.8, 4) is 0 Å². The monoisotopic (exact) mass is 293 g/mol. The van der Waals surface area contributed by atoms with Gasteiger partial charge < -0.3 is 15.8 Å². The summed E-state index contributed by atoms with van der Waals surface area (Å²) in [5.74, 6) is 0. The van der Waals surface area contributed by atoms with Crippen molar-refractivity contribution in [1.82, 2.24) is 10.3 Å². The summed E-state index contributed by atoms with van der Waals surface area (Å²) in [5.41, 5.74) is 7.85. The number of pyridine rings is 1. The minimum atomic E-state index is -0.147. The Morgan fingerprint density at radius 2 is 2.00 bits per heavy atom. The molecule has 1 rings (SSSR count). The van der Waals surface area contributed by atoms with Crippen LogP contribution < -0.4 is 11.1 Å². The van der Waals surface area contributed by atoms with Gasteiger partial charge in [-0.15, -0.1) is 0 Å². The minimum Gasteiger partial charge on any atom is -0.398 e. The molecule has 0 fully saturated rings. The Morgan fingerprint density at radius 1 is 1.29 bits per heavy atom. The molecule has 0 spiro atoms. The van der Waals surface area contributed by atoms with Crippen molar-refractivity contribution in [2.45, 2.75) is 65.0 Å². The van der Waals surface area contributed by atoms with E-state index in [0.717, 1.165) is 50.1 Å². The Balaban J connectivity index is 3.00. The van der Waals surface area contributed by atoms with E-state index in [1.807, 2.05) is 12.3 Å². The molecule has 0 aliphatic rings. The molecule has 1 aromatic heterocycles. The van der Waals surface area contributed by atoms with E-state index in [9.17, 15) is 0 Å². The van der Waals surface area contributed by atoms with E-state index in [2.05, 4.69) is 38.0 Å². The van der Waals surface area contributed by atoms with Crippen LogP contribution in [0.15, 0.2) is 18.5 Å². The molecule has 0 saturated heterocycles. The highest BCUT2D eigenvalue weighted by Crippen LogP contribution is 2.28. The average molecular weight is 293 g/mol. The lowest BCUT2D eigenvalue weighted by atomic mass is 9.84. The fourth-order valence-corrected chi connectivity index (χ4v) is 2.93. The van der Waals surface area contributed by atoms with Crippen molar-refractivity contribution in [1.29, 1.82) is 0 Å². The molecule has 1 atom stereocenters. The lowest BCUT2D eigenvalue weighted by Crippen LogP contribution is -2.53. The normalized spacial score (nSPS) is 13.3. The first-order valence-corrected chi connectivity index (χ1v) is 8.19. The van der Waals surface area contributed by atoms with Gasteiger partial charge >= 0.3 is 0 Å². The maximum atomic E-state index is 6.18. The fraction of sp³-hybridized carbons (Fsp3) is 0.706. The lowest BCUT2D eigenvalue weighted by Gasteiger charge is -2.40. The van der Waals surface area contributed by atoms with E-state index >= 15 is 0 Å². The first kappa shape index (κ1) is 17.9. The van der Waals surface area contributed by atoms with Crippen LogP contribution >= 0.6 is 0 Å². The summed E-state index contributed by atoms with van der Waals surface area (Å²) in [6.07, 6.45) is 7.54. The zero-order valence-electron chi connectivity index (χ0n) is 14.0. The second kappa shape index (κ2) is 9.00. The summed E-state index contributed by atoms with van der Waals surface area (Å²) < 4.78 is 6.18. The quantitative estimate of drug-likeness (QED) is 0.695. The number of nitrogens with one attached hydrogen (secondary N) is 1. The zero-order valence-corrected chi connectivity index (χ0v) is 14.0. The summed E-state index contributed by atoms with van der Waals surface area (Å²) >= 11 is 0. The van der Waals surface area contributed by atoms with Crippen molar-refractivity contribution in [3.05, 3.63) is 24.0 Å². The minimum absolute atomic E-state index is 0.147. The van der Waals surface area contributed by atoms with Crippen LogP contribution in [0.5, 0.6) is 0 Å². The van der Waals surface area contributed by atoms with Gasteiger partial charge in [0.15, 0.2) is 0 Å². The van der Waals surface area contributed by atoms with Crippen LogP contribution in [-0.4, -0.2) is 29.8 Å². The predicted molar refractivity (Wildman–Crippen MR) is 89.4 cm³/mol. The highest BCUT2D eigenvalue weighted by molar-refractivity contribution is 5.44. The molecular formula is C17H31N3O. The van der Waals surface area contributed by atoms with Crippen LogP contribution in [0.3, 0.4) is 0 Å². The summed E-state index contributed by atoms with van der Waals surface area (Å²) in [7, 11) is 0. The van der Waals surface area contributed by atoms with Gasteiger partial charge in [0.05, 0.1) is 5.60 Å². The topological polar surface area (TPSA) is 60.2 Å². The molecule has 1 heterocycles. The lowest BCUT2D eigenvalue weighted by molar-refractivity contribution is -0.0718. The molecule has 0 radical (unpaired) electrons.